The standard InChI is InChI=1S/C29H29N5O3/c1-17-6-4-11-22-20(17)13-24(31-22)26(35)32-25(12-18-7-5-8-18)27(36)34-16-29(14-19(34)15-30)21-9-2-3-10-23(21)33-28(29)37/h2-4,6,9-11,13,18-19,25,31H,5,7-8,12,14,16H2,1H3,(H,32,35)(H,33,37)/t19-,25-,29-/m0/s1. The van der Waals surface area contributed by atoms with Crippen LogP contribution in [0.3, 0.4) is 0 Å². The van der Waals surface area contributed by atoms with E-state index in [4.69, 9.17) is 0 Å². The molecule has 1 aromatic heterocycles. The number of H-pyrrole nitrogens is 1. The van der Waals surface area contributed by atoms with E-state index in [0.717, 1.165) is 47.0 Å². The van der Waals surface area contributed by atoms with E-state index in [1.807, 2.05) is 55.5 Å². The van der Waals surface area contributed by atoms with Crippen LogP contribution in [0.5, 0.6) is 0 Å². The van der Waals surface area contributed by atoms with Gasteiger partial charge in [0.05, 0.1) is 11.5 Å². The van der Waals surface area contributed by atoms with E-state index in [9.17, 15) is 19.6 Å². The third-order valence-electron chi connectivity index (χ3n) is 8.44. The fourth-order valence-electron chi connectivity index (χ4n) is 6.13. The summed E-state index contributed by atoms with van der Waals surface area (Å²) in [6.07, 6.45) is 3.92. The molecule has 1 aliphatic carbocycles. The van der Waals surface area contributed by atoms with Gasteiger partial charge in [0.25, 0.3) is 5.91 Å². The summed E-state index contributed by atoms with van der Waals surface area (Å²) in [5, 5.41) is 16.8. The average molecular weight is 496 g/mol. The third-order valence-corrected chi connectivity index (χ3v) is 8.44. The number of carbonyl (C=O) groups excluding carboxylic acids is 3. The predicted molar refractivity (Wildman–Crippen MR) is 139 cm³/mol. The Bertz CT molecular complexity index is 1470. The highest BCUT2D eigenvalue weighted by molar-refractivity contribution is 6.07. The normalized spacial score (nSPS) is 23.4. The number of hydrogen-bond acceptors (Lipinski definition) is 4. The van der Waals surface area contributed by atoms with Gasteiger partial charge >= 0.3 is 0 Å². The maximum absolute atomic E-state index is 14.0. The van der Waals surface area contributed by atoms with Crippen LogP contribution in [0.4, 0.5) is 5.69 Å². The lowest BCUT2D eigenvalue weighted by Crippen LogP contribution is -2.52. The van der Waals surface area contributed by atoms with Gasteiger partial charge < -0.3 is 20.5 Å². The number of fused-ring (bicyclic) bond motifs is 3. The second-order valence-electron chi connectivity index (χ2n) is 10.7. The molecule has 3 heterocycles. The van der Waals surface area contributed by atoms with Crippen LogP contribution in [-0.4, -0.2) is 46.2 Å². The van der Waals surface area contributed by atoms with E-state index < -0.39 is 17.5 Å². The molecule has 37 heavy (non-hydrogen) atoms. The van der Waals surface area contributed by atoms with Crippen molar-refractivity contribution >= 4 is 34.3 Å². The number of carbonyl (C=O) groups is 3. The molecule has 3 amide bonds. The minimum atomic E-state index is -0.952. The van der Waals surface area contributed by atoms with Gasteiger partial charge in [0.15, 0.2) is 0 Å². The molecule has 0 bridgehead atoms. The number of aromatic amines is 1. The highest BCUT2D eigenvalue weighted by Crippen LogP contribution is 2.46. The summed E-state index contributed by atoms with van der Waals surface area (Å²) in [4.78, 5) is 45.1. The average Bonchev–Trinajstić information content (AvgIpc) is 3.55. The summed E-state index contributed by atoms with van der Waals surface area (Å²) in [5.41, 5.74) is 2.92. The summed E-state index contributed by atoms with van der Waals surface area (Å²) < 4.78 is 0. The summed E-state index contributed by atoms with van der Waals surface area (Å²) in [7, 11) is 0. The van der Waals surface area contributed by atoms with Crippen molar-refractivity contribution in [1.29, 1.82) is 5.26 Å². The zero-order chi connectivity index (χ0) is 25.7. The van der Waals surface area contributed by atoms with Crippen LogP contribution >= 0.6 is 0 Å². The lowest BCUT2D eigenvalue weighted by Gasteiger charge is -2.32. The number of nitrogens with one attached hydrogen (secondary N) is 3. The molecule has 1 saturated heterocycles. The molecule has 1 spiro atoms. The SMILES string of the molecule is Cc1cccc2[nH]c(C(=O)N[C@@H](CC3CCC3)C(=O)N3C[C@]4(C[C@H]3C#N)C(=O)Nc3ccccc34)cc12. The number of nitriles is 1. The van der Waals surface area contributed by atoms with Crippen LogP contribution < -0.4 is 10.6 Å². The van der Waals surface area contributed by atoms with Crippen LogP contribution in [0.2, 0.25) is 0 Å². The van der Waals surface area contributed by atoms with Crippen molar-refractivity contribution in [2.24, 2.45) is 5.92 Å². The molecule has 3 aliphatic rings. The van der Waals surface area contributed by atoms with Crippen molar-refractivity contribution in [3.63, 3.8) is 0 Å². The van der Waals surface area contributed by atoms with Gasteiger partial charge in [-0.1, -0.05) is 49.6 Å². The monoisotopic (exact) mass is 495 g/mol. The number of para-hydroxylation sites is 1. The van der Waals surface area contributed by atoms with E-state index in [0.29, 0.717) is 18.0 Å². The number of benzene rings is 2. The molecule has 8 heteroatoms. The Labute approximate surface area is 215 Å². The lowest BCUT2D eigenvalue weighted by molar-refractivity contribution is -0.134. The van der Waals surface area contributed by atoms with Crippen molar-refractivity contribution in [3.05, 3.63) is 65.4 Å². The maximum atomic E-state index is 14.0. The Kier molecular flexibility index (Phi) is 5.52. The van der Waals surface area contributed by atoms with Gasteiger partial charge in [-0.05, 0) is 48.6 Å². The van der Waals surface area contributed by atoms with Crippen molar-refractivity contribution < 1.29 is 14.4 Å². The number of hydrogen-bond donors (Lipinski definition) is 3. The topological polar surface area (TPSA) is 118 Å². The van der Waals surface area contributed by atoms with Crippen molar-refractivity contribution in [2.45, 2.75) is 56.5 Å². The Hall–Kier alpha value is -4.12. The molecule has 0 unspecified atom stereocenters. The van der Waals surface area contributed by atoms with Crippen molar-refractivity contribution in [3.8, 4) is 6.07 Å². The molecule has 1 saturated carbocycles. The predicted octanol–water partition coefficient (Wildman–Crippen LogP) is 3.78. The van der Waals surface area contributed by atoms with Crippen molar-refractivity contribution in [1.82, 2.24) is 15.2 Å². The summed E-state index contributed by atoms with van der Waals surface area (Å²) >= 11 is 0. The first-order chi connectivity index (χ1) is 17.9. The van der Waals surface area contributed by atoms with Gasteiger partial charge in [0, 0.05) is 29.6 Å². The van der Waals surface area contributed by atoms with Gasteiger partial charge in [-0.25, -0.2) is 0 Å². The molecular weight excluding hydrogens is 466 g/mol. The molecule has 3 aromatic rings. The van der Waals surface area contributed by atoms with E-state index >= 15 is 0 Å². The molecule has 8 nitrogen and oxygen atoms in total. The number of amides is 3. The first-order valence-electron chi connectivity index (χ1n) is 12.9. The van der Waals surface area contributed by atoms with E-state index in [1.165, 1.54) is 4.90 Å². The number of anilines is 1. The molecule has 0 radical (unpaired) electrons. The number of likely N-dealkylation sites (tertiary alicyclic amines) is 1. The van der Waals surface area contributed by atoms with Crippen LogP contribution in [0.25, 0.3) is 10.9 Å². The maximum Gasteiger partial charge on any atom is 0.268 e. The Morgan fingerprint density at radius 2 is 2.03 bits per heavy atom. The first-order valence-corrected chi connectivity index (χ1v) is 12.9. The van der Waals surface area contributed by atoms with Gasteiger partial charge in [-0.2, -0.15) is 5.26 Å². The van der Waals surface area contributed by atoms with Gasteiger partial charge in [-0.3, -0.25) is 14.4 Å². The second kappa shape index (κ2) is 8.77. The van der Waals surface area contributed by atoms with Crippen LogP contribution in [-0.2, 0) is 15.0 Å². The molecule has 6 rings (SSSR count). The quantitative estimate of drug-likeness (QED) is 0.499. The molecule has 3 atom stereocenters. The minimum absolute atomic E-state index is 0.121. The molecule has 3 N–H and O–H groups in total. The van der Waals surface area contributed by atoms with E-state index in [-0.39, 0.29) is 30.7 Å². The first kappa shape index (κ1) is 23.3. The summed E-state index contributed by atoms with van der Waals surface area (Å²) in [6.45, 7) is 2.11. The highest BCUT2D eigenvalue weighted by atomic mass is 16.2. The molecule has 2 fully saturated rings. The lowest BCUT2D eigenvalue weighted by atomic mass is 9.79. The fraction of sp³-hybridized carbons (Fsp3) is 0.379. The van der Waals surface area contributed by atoms with Gasteiger partial charge in [-0.15, -0.1) is 0 Å². The third kappa shape index (κ3) is 3.77. The highest BCUT2D eigenvalue weighted by Gasteiger charge is 2.56. The molecule has 2 aliphatic heterocycles. The van der Waals surface area contributed by atoms with Crippen LogP contribution in [0.15, 0.2) is 48.5 Å². The number of rotatable bonds is 5. The zero-order valence-electron chi connectivity index (χ0n) is 20.7. The van der Waals surface area contributed by atoms with Crippen LogP contribution in [0, 0.1) is 24.2 Å². The van der Waals surface area contributed by atoms with Gasteiger partial charge in [0.2, 0.25) is 11.8 Å². The minimum Gasteiger partial charge on any atom is -0.351 e. The van der Waals surface area contributed by atoms with Crippen molar-refractivity contribution in [2.75, 3.05) is 11.9 Å². The summed E-state index contributed by atoms with van der Waals surface area (Å²) in [5.74, 6) is -0.475. The van der Waals surface area contributed by atoms with E-state index in [1.54, 1.807) is 0 Å². The van der Waals surface area contributed by atoms with Crippen LogP contribution in [0.1, 0.15) is 53.7 Å². The molecule has 188 valence electrons. The molecule has 2 aromatic carbocycles. The van der Waals surface area contributed by atoms with Gasteiger partial charge in [0.1, 0.15) is 17.8 Å². The smallest absolute Gasteiger partial charge is 0.268 e. The number of nitrogens with zero attached hydrogens (tertiary/aromatic N) is 2. The zero-order valence-corrected chi connectivity index (χ0v) is 20.7. The Morgan fingerprint density at radius 3 is 2.76 bits per heavy atom. The fourth-order valence-corrected chi connectivity index (χ4v) is 6.13. The second-order valence-corrected chi connectivity index (χ2v) is 10.7. The number of aromatic nitrogens is 1. The number of aryl methyl sites for hydroxylation is 1. The van der Waals surface area contributed by atoms with E-state index in [2.05, 4.69) is 21.7 Å². The molecular formula is C29H29N5O3. The largest absolute Gasteiger partial charge is 0.351 e. The summed E-state index contributed by atoms with van der Waals surface area (Å²) in [6, 6.07) is 15.8. The Morgan fingerprint density at radius 1 is 1.22 bits per heavy atom. The Balaban J connectivity index is 1.28.